The molecule has 15 heteroatoms. The van der Waals surface area contributed by atoms with Crippen molar-refractivity contribution in [1.29, 1.82) is 0 Å². The predicted octanol–water partition coefficient (Wildman–Crippen LogP) is -0.804. The third kappa shape index (κ3) is 6.98. The van der Waals surface area contributed by atoms with Crippen LogP contribution in [0.1, 0.15) is 0 Å². The SMILES string of the molecule is [B]c1c([B])c([B])c(-c2c([B])c([B])c(-c3c([B])c([B])c(N(c4ccc(-c5cccc6oc7c8ccccc8ccc7c56)cc4)c4ccccc4-c4ccccc4)c([B])c3[B])c([B])c2[B])c([B])c1[B]. The van der Waals surface area contributed by atoms with Gasteiger partial charge in [-0.15, -0.1) is 16.4 Å². The number of benzene rings is 9. The van der Waals surface area contributed by atoms with Gasteiger partial charge in [0.05, 0.1) is 5.69 Å². The highest BCUT2D eigenvalue weighted by Crippen LogP contribution is 2.42. The second-order valence-electron chi connectivity index (χ2n) is 16.4. The molecule has 10 aromatic rings. The lowest BCUT2D eigenvalue weighted by Gasteiger charge is -2.35. The number of hydrogen-bond donors (Lipinski definition) is 0. The molecule has 0 aliphatic heterocycles. The zero-order valence-electron chi connectivity index (χ0n) is 36.1. The number of anilines is 3. The fourth-order valence-electron chi connectivity index (χ4n) is 9.31. The van der Waals surface area contributed by atoms with E-state index in [4.69, 9.17) is 106 Å². The Hall–Kier alpha value is -6.32. The third-order valence-electron chi connectivity index (χ3n) is 12.8. The van der Waals surface area contributed by atoms with Crippen LogP contribution in [-0.2, 0) is 0 Å². The van der Waals surface area contributed by atoms with E-state index in [0.29, 0.717) is 11.4 Å². The molecule has 0 N–H and O–H groups in total. The quantitative estimate of drug-likeness (QED) is 0.196. The summed E-state index contributed by atoms with van der Waals surface area (Å²) in [5.41, 5.74) is 7.42. The second-order valence-corrected chi connectivity index (χ2v) is 16.4. The molecule has 0 saturated heterocycles. The number of furan rings is 1. The first-order chi connectivity index (χ1) is 32.2. The number of hydrogen-bond acceptors (Lipinski definition) is 2. The first kappa shape index (κ1) is 44.5. The van der Waals surface area contributed by atoms with E-state index in [1.807, 2.05) is 108 Å². The van der Waals surface area contributed by atoms with Gasteiger partial charge < -0.3 is 9.32 Å². The Kier molecular flexibility index (Phi) is 11.4. The van der Waals surface area contributed by atoms with Crippen LogP contribution in [0.15, 0.2) is 138 Å². The average molecular weight is 817 g/mol. The zero-order valence-corrected chi connectivity index (χ0v) is 36.1. The van der Waals surface area contributed by atoms with Gasteiger partial charge in [0.2, 0.25) is 0 Å². The Labute approximate surface area is 407 Å². The predicted molar refractivity (Wildman–Crippen MR) is 298 cm³/mol. The number of rotatable bonds is 7. The summed E-state index contributed by atoms with van der Waals surface area (Å²) in [5, 5.41) is 4.17. The van der Waals surface area contributed by atoms with Crippen LogP contribution in [0.3, 0.4) is 0 Å². The van der Waals surface area contributed by atoms with Gasteiger partial charge in [0.1, 0.15) is 113 Å². The Morgan fingerprint density at radius 1 is 0.328 bits per heavy atom. The van der Waals surface area contributed by atoms with Gasteiger partial charge in [0, 0.05) is 33.1 Å². The van der Waals surface area contributed by atoms with Gasteiger partial charge in [0.25, 0.3) is 0 Å². The Bertz CT molecular complexity index is 3600. The van der Waals surface area contributed by atoms with E-state index in [-0.39, 0.29) is 93.3 Å². The molecule has 1 aromatic heterocycles. The van der Waals surface area contributed by atoms with Crippen molar-refractivity contribution in [2.45, 2.75) is 0 Å². The van der Waals surface area contributed by atoms with E-state index in [9.17, 15) is 0 Å². The standard InChI is InChI=1S/C52H22B13NO/c53-38-34(36-42(57)46(61)48(63)47(62)43(36)58)39(54)41(56)35(40(38)55)37-44(59)49(64)51(50(65)45(37)60)66(31-15-7-6-12-27(31)23-9-2-1-3-10-23)26-20-17-25(18-21-26)28-14-8-16-32-33(28)30-22-19-24-11-4-5-13-29(24)52(30)67-32/h1-22H. The Morgan fingerprint density at radius 2 is 0.791 bits per heavy atom. The smallest absolute Gasteiger partial charge is 0.143 e. The van der Waals surface area contributed by atoms with Gasteiger partial charge >= 0.3 is 0 Å². The van der Waals surface area contributed by atoms with Crippen LogP contribution >= 0.6 is 0 Å². The van der Waals surface area contributed by atoms with Gasteiger partial charge in [-0.2, -0.15) is 0 Å². The minimum absolute atomic E-state index is 0.00552. The lowest BCUT2D eigenvalue weighted by Crippen LogP contribution is -2.57. The maximum Gasteiger partial charge on any atom is 0.143 e. The number of fused-ring (bicyclic) bond motifs is 5. The molecule has 26 radical (unpaired) electrons. The minimum atomic E-state index is -0.0605. The lowest BCUT2D eigenvalue weighted by molar-refractivity contribution is 0.673. The molecular formula is C52H22B13NO. The largest absolute Gasteiger partial charge is 0.455 e. The fraction of sp³-hybridized carbons (Fsp3) is 0. The summed E-state index contributed by atoms with van der Waals surface area (Å²) in [6.45, 7) is 0. The van der Waals surface area contributed by atoms with Crippen LogP contribution in [0.2, 0.25) is 0 Å². The molecule has 280 valence electrons. The minimum Gasteiger partial charge on any atom is -0.455 e. The van der Waals surface area contributed by atoms with E-state index in [2.05, 4.69) is 30.3 Å². The van der Waals surface area contributed by atoms with Crippen molar-refractivity contribution in [2.24, 2.45) is 0 Å². The summed E-state index contributed by atoms with van der Waals surface area (Å²) in [4.78, 5) is 1.94. The molecule has 1 heterocycles. The van der Waals surface area contributed by atoms with Crippen molar-refractivity contribution in [2.75, 3.05) is 4.90 Å². The summed E-state index contributed by atoms with van der Waals surface area (Å²) < 4.78 is 6.51. The molecular weight excluding hydrogens is 795 g/mol. The van der Waals surface area contributed by atoms with Crippen molar-refractivity contribution in [3.8, 4) is 44.5 Å². The van der Waals surface area contributed by atoms with E-state index < -0.39 is 0 Å². The summed E-state index contributed by atoms with van der Waals surface area (Å²) in [6.07, 6.45) is 0. The Morgan fingerprint density at radius 3 is 1.39 bits per heavy atom. The van der Waals surface area contributed by atoms with Crippen molar-refractivity contribution < 1.29 is 4.42 Å². The van der Waals surface area contributed by atoms with Crippen molar-refractivity contribution >= 4 is 223 Å². The molecule has 67 heavy (non-hydrogen) atoms. The molecule has 0 spiro atoms. The van der Waals surface area contributed by atoms with Crippen LogP contribution in [-0.4, -0.2) is 102 Å². The van der Waals surface area contributed by atoms with Gasteiger partial charge in [0.15, 0.2) is 0 Å². The molecule has 0 unspecified atom stereocenters. The first-order valence-electron chi connectivity index (χ1n) is 21.1. The molecule has 0 aliphatic rings. The van der Waals surface area contributed by atoms with Crippen molar-refractivity contribution in [3.63, 3.8) is 0 Å². The van der Waals surface area contributed by atoms with Crippen LogP contribution < -0.4 is 75.9 Å². The zero-order chi connectivity index (χ0) is 47.2. The van der Waals surface area contributed by atoms with Gasteiger partial charge in [-0.25, -0.2) is 0 Å². The van der Waals surface area contributed by atoms with Crippen LogP contribution in [0, 0.1) is 0 Å². The van der Waals surface area contributed by atoms with Crippen LogP contribution in [0.5, 0.6) is 0 Å². The maximum absolute atomic E-state index is 7.17. The van der Waals surface area contributed by atoms with E-state index >= 15 is 0 Å². The van der Waals surface area contributed by atoms with Crippen molar-refractivity contribution in [3.05, 3.63) is 133 Å². The van der Waals surface area contributed by atoms with E-state index in [0.717, 1.165) is 60.7 Å². The fourth-order valence-corrected chi connectivity index (χ4v) is 9.31. The Balaban J connectivity index is 1.17. The second kappa shape index (κ2) is 17.1. The summed E-state index contributed by atoms with van der Waals surface area (Å²) in [6, 6.07) is 44.4. The highest BCUT2D eigenvalue weighted by molar-refractivity contribution is 6.72. The highest BCUT2D eigenvalue weighted by atomic mass is 16.3. The topological polar surface area (TPSA) is 16.4 Å². The first-order valence-corrected chi connectivity index (χ1v) is 21.1. The third-order valence-corrected chi connectivity index (χ3v) is 12.8. The van der Waals surface area contributed by atoms with Gasteiger partial charge in [-0.05, 0) is 74.7 Å². The van der Waals surface area contributed by atoms with Gasteiger partial charge in [-0.3, -0.25) is 0 Å². The molecule has 0 bridgehead atoms. The van der Waals surface area contributed by atoms with Crippen LogP contribution in [0.25, 0.3) is 77.2 Å². The number of nitrogens with zero attached hydrogens (tertiary/aromatic N) is 1. The molecule has 0 fully saturated rings. The van der Waals surface area contributed by atoms with E-state index in [1.165, 1.54) is 0 Å². The normalized spacial score (nSPS) is 11.5. The molecule has 0 saturated carbocycles. The monoisotopic (exact) mass is 819 g/mol. The summed E-state index contributed by atoms with van der Waals surface area (Å²) in [7, 11) is 87.0. The molecule has 2 nitrogen and oxygen atoms in total. The molecule has 10 rings (SSSR count). The lowest BCUT2D eigenvalue weighted by atomic mass is 9.55. The van der Waals surface area contributed by atoms with Crippen LogP contribution in [0.4, 0.5) is 17.1 Å². The van der Waals surface area contributed by atoms with Gasteiger partial charge in [-0.1, -0.05) is 158 Å². The summed E-state index contributed by atoms with van der Waals surface area (Å²) in [5.74, 6) is 0. The number of para-hydroxylation sites is 1. The maximum atomic E-state index is 7.17. The summed E-state index contributed by atoms with van der Waals surface area (Å²) >= 11 is 0. The van der Waals surface area contributed by atoms with Crippen molar-refractivity contribution in [1.82, 2.24) is 0 Å². The molecule has 9 aromatic carbocycles. The highest BCUT2D eigenvalue weighted by Gasteiger charge is 2.27. The molecule has 0 amide bonds. The molecule has 0 aliphatic carbocycles. The van der Waals surface area contributed by atoms with E-state index in [1.54, 1.807) is 0 Å². The molecule has 0 atom stereocenters. The average Bonchev–Trinajstić information content (AvgIpc) is 3.75.